The highest BCUT2D eigenvalue weighted by Gasteiger charge is 2.09. The summed E-state index contributed by atoms with van der Waals surface area (Å²) in [5.41, 5.74) is 0.388. The van der Waals surface area contributed by atoms with Gasteiger partial charge in [-0.25, -0.2) is 4.39 Å². The van der Waals surface area contributed by atoms with Crippen LogP contribution in [-0.4, -0.2) is 12.2 Å². The molecule has 0 unspecified atom stereocenters. The lowest BCUT2D eigenvalue weighted by atomic mass is 10.2. The predicted molar refractivity (Wildman–Crippen MR) is 45.8 cm³/mol. The Hall–Kier alpha value is -0.800. The average molecular weight is 190 g/mol. The van der Waals surface area contributed by atoms with Crippen molar-refractivity contribution in [2.75, 3.05) is 7.05 Å². The van der Waals surface area contributed by atoms with E-state index in [4.69, 9.17) is 11.6 Å². The van der Waals surface area contributed by atoms with Crippen molar-refractivity contribution in [3.05, 3.63) is 28.5 Å². The highest BCUT2D eigenvalue weighted by molar-refractivity contribution is 6.31. The summed E-state index contributed by atoms with van der Waals surface area (Å²) in [5, 5.41) is 12.4. The molecule has 1 aromatic carbocycles. The maximum atomic E-state index is 12.7. The van der Waals surface area contributed by atoms with Crippen molar-refractivity contribution in [1.82, 2.24) is 5.32 Å². The number of benzene rings is 1. The number of aromatic hydroxyl groups is 1. The van der Waals surface area contributed by atoms with Crippen LogP contribution in [0.15, 0.2) is 12.1 Å². The lowest BCUT2D eigenvalue weighted by Gasteiger charge is -2.06. The zero-order valence-corrected chi connectivity index (χ0v) is 7.32. The molecular formula is C8H9ClFNO. The fraction of sp³-hybridized carbons (Fsp3) is 0.250. The van der Waals surface area contributed by atoms with E-state index in [1.807, 2.05) is 0 Å². The summed E-state index contributed by atoms with van der Waals surface area (Å²) < 4.78 is 12.7. The van der Waals surface area contributed by atoms with Gasteiger partial charge in [-0.1, -0.05) is 11.6 Å². The van der Waals surface area contributed by atoms with Gasteiger partial charge >= 0.3 is 0 Å². The molecule has 0 aliphatic heterocycles. The van der Waals surface area contributed by atoms with Crippen LogP contribution in [0.3, 0.4) is 0 Å². The highest BCUT2D eigenvalue weighted by atomic mass is 35.5. The molecule has 0 spiro atoms. The second kappa shape index (κ2) is 3.74. The summed E-state index contributed by atoms with van der Waals surface area (Å²) >= 11 is 5.71. The van der Waals surface area contributed by atoms with Gasteiger partial charge in [0.25, 0.3) is 0 Å². The number of phenols is 1. The van der Waals surface area contributed by atoms with E-state index in [2.05, 4.69) is 5.32 Å². The van der Waals surface area contributed by atoms with Crippen molar-refractivity contribution in [3.63, 3.8) is 0 Å². The summed E-state index contributed by atoms with van der Waals surface area (Å²) in [6.07, 6.45) is 0. The molecule has 12 heavy (non-hydrogen) atoms. The standard InChI is InChI=1S/C8H9ClFNO/c1-11-4-5-6(9)2-3-7(10)8(5)12/h2-3,11-12H,4H2,1H3. The normalized spacial score (nSPS) is 10.2. The fourth-order valence-corrected chi connectivity index (χ4v) is 1.15. The Bertz CT molecular complexity index is 291. The van der Waals surface area contributed by atoms with E-state index < -0.39 is 5.82 Å². The SMILES string of the molecule is CNCc1c(Cl)ccc(F)c1O. The van der Waals surface area contributed by atoms with Gasteiger partial charge in [-0.2, -0.15) is 0 Å². The quantitative estimate of drug-likeness (QED) is 0.745. The zero-order chi connectivity index (χ0) is 9.14. The van der Waals surface area contributed by atoms with Gasteiger partial charge in [-0.05, 0) is 19.2 Å². The van der Waals surface area contributed by atoms with Crippen LogP contribution in [-0.2, 0) is 6.54 Å². The molecular weight excluding hydrogens is 181 g/mol. The van der Waals surface area contributed by atoms with Gasteiger partial charge in [0.1, 0.15) is 0 Å². The molecule has 0 atom stereocenters. The molecule has 66 valence electrons. The van der Waals surface area contributed by atoms with Crippen LogP contribution in [0.25, 0.3) is 0 Å². The molecule has 1 rings (SSSR count). The first-order valence-corrected chi connectivity index (χ1v) is 3.85. The number of hydrogen-bond acceptors (Lipinski definition) is 2. The van der Waals surface area contributed by atoms with Crippen molar-refractivity contribution in [2.24, 2.45) is 0 Å². The monoisotopic (exact) mass is 189 g/mol. The van der Waals surface area contributed by atoms with E-state index in [-0.39, 0.29) is 5.75 Å². The average Bonchev–Trinajstić information content (AvgIpc) is 2.06. The number of phenolic OH excluding ortho intramolecular Hbond substituents is 1. The van der Waals surface area contributed by atoms with E-state index in [9.17, 15) is 9.50 Å². The molecule has 0 heterocycles. The van der Waals surface area contributed by atoms with Crippen LogP contribution >= 0.6 is 11.6 Å². The third kappa shape index (κ3) is 1.68. The Labute approximate surface area is 75.0 Å². The van der Waals surface area contributed by atoms with Crippen LogP contribution in [0.2, 0.25) is 5.02 Å². The van der Waals surface area contributed by atoms with Crippen molar-refractivity contribution >= 4 is 11.6 Å². The van der Waals surface area contributed by atoms with Crippen LogP contribution in [0.4, 0.5) is 4.39 Å². The molecule has 0 aromatic heterocycles. The van der Waals surface area contributed by atoms with E-state index >= 15 is 0 Å². The molecule has 0 fully saturated rings. The molecule has 0 saturated heterocycles. The largest absolute Gasteiger partial charge is 0.505 e. The van der Waals surface area contributed by atoms with Crippen LogP contribution in [0.1, 0.15) is 5.56 Å². The van der Waals surface area contributed by atoms with E-state index in [1.165, 1.54) is 6.07 Å². The lowest BCUT2D eigenvalue weighted by Crippen LogP contribution is -2.06. The maximum Gasteiger partial charge on any atom is 0.165 e. The number of halogens is 2. The Morgan fingerprint density at radius 3 is 2.83 bits per heavy atom. The number of nitrogens with one attached hydrogen (secondary N) is 1. The van der Waals surface area contributed by atoms with Gasteiger partial charge in [-0.15, -0.1) is 0 Å². The fourth-order valence-electron chi connectivity index (χ4n) is 0.928. The highest BCUT2D eigenvalue weighted by Crippen LogP contribution is 2.27. The minimum absolute atomic E-state index is 0.350. The van der Waals surface area contributed by atoms with Crippen molar-refractivity contribution in [3.8, 4) is 5.75 Å². The Morgan fingerprint density at radius 1 is 1.58 bits per heavy atom. The predicted octanol–water partition coefficient (Wildman–Crippen LogP) is 1.90. The van der Waals surface area contributed by atoms with Crippen LogP contribution in [0.5, 0.6) is 5.75 Å². The smallest absolute Gasteiger partial charge is 0.165 e. The number of rotatable bonds is 2. The van der Waals surface area contributed by atoms with Crippen molar-refractivity contribution in [1.29, 1.82) is 0 Å². The molecule has 0 aliphatic carbocycles. The number of hydrogen-bond donors (Lipinski definition) is 2. The van der Waals surface area contributed by atoms with Crippen LogP contribution < -0.4 is 5.32 Å². The van der Waals surface area contributed by atoms with Gasteiger partial charge in [0.2, 0.25) is 0 Å². The zero-order valence-electron chi connectivity index (χ0n) is 6.56. The summed E-state index contributed by atoms with van der Waals surface area (Å²) in [4.78, 5) is 0. The first-order valence-electron chi connectivity index (χ1n) is 3.47. The topological polar surface area (TPSA) is 32.3 Å². The van der Waals surface area contributed by atoms with Crippen molar-refractivity contribution in [2.45, 2.75) is 6.54 Å². The molecule has 0 bridgehead atoms. The first kappa shape index (κ1) is 9.29. The van der Waals surface area contributed by atoms with E-state index in [1.54, 1.807) is 7.05 Å². The third-order valence-corrected chi connectivity index (χ3v) is 1.88. The molecule has 1 aromatic rings. The van der Waals surface area contributed by atoms with Gasteiger partial charge < -0.3 is 10.4 Å². The molecule has 2 N–H and O–H groups in total. The Kier molecular flexibility index (Phi) is 2.89. The summed E-state index contributed by atoms with van der Waals surface area (Å²) in [6, 6.07) is 2.56. The minimum atomic E-state index is -0.648. The van der Waals surface area contributed by atoms with Gasteiger partial charge in [0.05, 0.1) is 0 Å². The molecule has 0 amide bonds. The molecule has 0 radical (unpaired) electrons. The lowest BCUT2D eigenvalue weighted by molar-refractivity contribution is 0.424. The van der Waals surface area contributed by atoms with E-state index in [0.717, 1.165) is 6.07 Å². The van der Waals surface area contributed by atoms with Gasteiger partial charge in [0, 0.05) is 17.1 Å². The first-order chi connectivity index (χ1) is 5.66. The van der Waals surface area contributed by atoms with Gasteiger partial charge in [-0.3, -0.25) is 0 Å². The molecule has 4 heteroatoms. The van der Waals surface area contributed by atoms with Gasteiger partial charge in [0.15, 0.2) is 11.6 Å². The van der Waals surface area contributed by atoms with Crippen molar-refractivity contribution < 1.29 is 9.50 Å². The summed E-state index contributed by atoms with van der Waals surface area (Å²) in [6.45, 7) is 0.350. The molecule has 0 aliphatic rings. The second-order valence-corrected chi connectivity index (χ2v) is 2.79. The third-order valence-electron chi connectivity index (χ3n) is 1.53. The minimum Gasteiger partial charge on any atom is -0.505 e. The maximum absolute atomic E-state index is 12.7. The van der Waals surface area contributed by atoms with Crippen LogP contribution in [0, 0.1) is 5.82 Å². The summed E-state index contributed by atoms with van der Waals surface area (Å²) in [7, 11) is 1.70. The molecule has 0 saturated carbocycles. The summed E-state index contributed by atoms with van der Waals surface area (Å²) in [5.74, 6) is -1.03. The Balaban J connectivity index is 3.14. The van der Waals surface area contributed by atoms with E-state index in [0.29, 0.717) is 17.1 Å². The second-order valence-electron chi connectivity index (χ2n) is 2.39. The molecule has 2 nitrogen and oxygen atoms in total. The Morgan fingerprint density at radius 2 is 2.25 bits per heavy atom.